The molecule has 0 heterocycles. The zero-order valence-electron chi connectivity index (χ0n) is 10.5. The van der Waals surface area contributed by atoms with Crippen molar-refractivity contribution >= 4 is 17.6 Å². The van der Waals surface area contributed by atoms with Crippen LogP contribution in [0.1, 0.15) is 25.5 Å². The smallest absolute Gasteiger partial charge is 0.311 e. The van der Waals surface area contributed by atoms with E-state index >= 15 is 0 Å². The van der Waals surface area contributed by atoms with Gasteiger partial charge in [-0.2, -0.15) is 0 Å². The molecule has 0 aliphatic heterocycles. The van der Waals surface area contributed by atoms with E-state index in [9.17, 15) is 14.3 Å². The molecule has 1 rings (SSSR count). The zero-order chi connectivity index (χ0) is 13.9. The normalized spacial score (nSPS) is 14.4. The van der Waals surface area contributed by atoms with Crippen LogP contribution in [0.3, 0.4) is 0 Å². The summed E-state index contributed by atoms with van der Waals surface area (Å²) in [6, 6.07) is 3.98. The van der Waals surface area contributed by atoms with Gasteiger partial charge in [-0.1, -0.05) is 31.5 Å². The van der Waals surface area contributed by atoms with E-state index < -0.39 is 23.8 Å². The molecule has 0 aliphatic rings. The molecule has 0 spiro atoms. The number of halogens is 2. The summed E-state index contributed by atoms with van der Waals surface area (Å²) < 4.78 is 18.0. The van der Waals surface area contributed by atoms with Gasteiger partial charge >= 0.3 is 5.97 Å². The lowest BCUT2D eigenvalue weighted by molar-refractivity contribution is -0.152. The van der Waals surface area contributed by atoms with Gasteiger partial charge in [0.05, 0.1) is 24.2 Å². The summed E-state index contributed by atoms with van der Waals surface area (Å²) in [5, 5.41) is 10.1. The van der Waals surface area contributed by atoms with E-state index in [0.29, 0.717) is 5.56 Å². The highest BCUT2D eigenvalue weighted by molar-refractivity contribution is 6.30. The molecule has 18 heavy (non-hydrogen) atoms. The zero-order valence-corrected chi connectivity index (χ0v) is 11.2. The lowest BCUT2D eigenvalue weighted by Crippen LogP contribution is -2.28. The molecule has 2 atom stereocenters. The van der Waals surface area contributed by atoms with Gasteiger partial charge in [-0.15, -0.1) is 0 Å². The number of esters is 1. The number of methoxy groups -OCH3 is 1. The van der Waals surface area contributed by atoms with Gasteiger partial charge in [0.2, 0.25) is 0 Å². The molecule has 0 aliphatic carbocycles. The Kier molecular flexibility index (Phi) is 5.11. The van der Waals surface area contributed by atoms with Gasteiger partial charge in [-0.3, -0.25) is 4.79 Å². The van der Waals surface area contributed by atoms with Gasteiger partial charge in [-0.05, 0) is 23.6 Å². The average molecular weight is 275 g/mol. The Hall–Kier alpha value is -1.13. The Morgan fingerprint density at radius 1 is 1.44 bits per heavy atom. The molecular formula is C13H16ClFO3. The van der Waals surface area contributed by atoms with E-state index in [4.69, 9.17) is 11.6 Å². The first-order valence-corrected chi connectivity index (χ1v) is 5.97. The maximum atomic E-state index is 13.3. The molecule has 0 fully saturated rings. The van der Waals surface area contributed by atoms with Crippen molar-refractivity contribution in [3.8, 4) is 0 Å². The highest BCUT2D eigenvalue weighted by Crippen LogP contribution is 2.30. The van der Waals surface area contributed by atoms with E-state index in [2.05, 4.69) is 4.74 Å². The van der Waals surface area contributed by atoms with Gasteiger partial charge in [0.25, 0.3) is 0 Å². The SMILES string of the molecule is COC(=O)C(C(C)C)C(O)c1ccc(Cl)c(F)c1. The van der Waals surface area contributed by atoms with Gasteiger partial charge in [0.1, 0.15) is 5.82 Å². The summed E-state index contributed by atoms with van der Waals surface area (Å²) in [6.45, 7) is 3.58. The molecule has 0 saturated heterocycles. The molecule has 100 valence electrons. The van der Waals surface area contributed by atoms with Crippen LogP contribution >= 0.6 is 11.6 Å². The number of hydrogen-bond donors (Lipinski definition) is 1. The van der Waals surface area contributed by atoms with Crippen molar-refractivity contribution in [2.24, 2.45) is 11.8 Å². The molecule has 0 saturated carbocycles. The molecular weight excluding hydrogens is 259 g/mol. The standard InChI is InChI=1S/C13H16ClFO3/c1-7(2)11(13(17)18-3)12(16)8-4-5-9(14)10(15)6-8/h4-7,11-12,16H,1-3H3. The first-order chi connectivity index (χ1) is 8.38. The fourth-order valence-corrected chi connectivity index (χ4v) is 1.92. The minimum atomic E-state index is -1.12. The lowest BCUT2D eigenvalue weighted by atomic mass is 9.86. The first kappa shape index (κ1) is 14.9. The van der Waals surface area contributed by atoms with Crippen molar-refractivity contribution in [1.82, 2.24) is 0 Å². The van der Waals surface area contributed by atoms with Gasteiger partial charge in [0.15, 0.2) is 0 Å². The summed E-state index contributed by atoms with van der Waals surface area (Å²) in [6.07, 6.45) is -1.12. The van der Waals surface area contributed by atoms with Crippen molar-refractivity contribution < 1.29 is 19.0 Å². The van der Waals surface area contributed by atoms with E-state index in [-0.39, 0.29) is 10.9 Å². The minimum absolute atomic E-state index is 0.0230. The summed E-state index contributed by atoms with van der Waals surface area (Å²) in [7, 11) is 1.26. The van der Waals surface area contributed by atoms with E-state index in [0.717, 1.165) is 6.07 Å². The van der Waals surface area contributed by atoms with Crippen molar-refractivity contribution in [2.45, 2.75) is 20.0 Å². The van der Waals surface area contributed by atoms with Crippen molar-refractivity contribution in [1.29, 1.82) is 0 Å². The van der Waals surface area contributed by atoms with Crippen molar-refractivity contribution in [2.75, 3.05) is 7.11 Å². The lowest BCUT2D eigenvalue weighted by Gasteiger charge is -2.24. The number of aliphatic hydroxyl groups is 1. The van der Waals surface area contributed by atoms with Crippen molar-refractivity contribution in [3.63, 3.8) is 0 Å². The van der Waals surface area contributed by atoms with E-state index in [1.54, 1.807) is 13.8 Å². The molecule has 0 radical (unpaired) electrons. The van der Waals surface area contributed by atoms with E-state index in [1.165, 1.54) is 19.2 Å². The van der Waals surface area contributed by atoms with Crippen LogP contribution in [0.25, 0.3) is 0 Å². The molecule has 0 aromatic heterocycles. The van der Waals surface area contributed by atoms with Gasteiger partial charge in [0, 0.05) is 0 Å². The van der Waals surface area contributed by atoms with Crippen molar-refractivity contribution in [3.05, 3.63) is 34.6 Å². The summed E-state index contributed by atoms with van der Waals surface area (Å²) in [4.78, 5) is 11.6. The molecule has 0 bridgehead atoms. The first-order valence-electron chi connectivity index (χ1n) is 5.59. The Bertz CT molecular complexity index is 434. The van der Waals surface area contributed by atoms with E-state index in [1.807, 2.05) is 0 Å². The molecule has 5 heteroatoms. The Morgan fingerprint density at radius 2 is 2.06 bits per heavy atom. The second kappa shape index (κ2) is 6.16. The number of aliphatic hydroxyl groups excluding tert-OH is 1. The summed E-state index contributed by atoms with van der Waals surface area (Å²) in [5.41, 5.74) is 0.306. The number of carbonyl (C=O) groups is 1. The monoisotopic (exact) mass is 274 g/mol. The third-order valence-corrected chi connectivity index (χ3v) is 3.12. The second-order valence-electron chi connectivity index (χ2n) is 4.41. The number of rotatable bonds is 4. The fourth-order valence-electron chi connectivity index (χ4n) is 1.81. The number of ether oxygens (including phenoxy) is 1. The quantitative estimate of drug-likeness (QED) is 0.859. The van der Waals surface area contributed by atoms with Crippen LogP contribution in [-0.4, -0.2) is 18.2 Å². The van der Waals surface area contributed by atoms with Crippen LogP contribution in [0.4, 0.5) is 4.39 Å². The Labute approximate surface area is 111 Å². The van der Waals surface area contributed by atoms with Gasteiger partial charge < -0.3 is 9.84 Å². The van der Waals surface area contributed by atoms with Crippen LogP contribution in [-0.2, 0) is 9.53 Å². The fraction of sp³-hybridized carbons (Fsp3) is 0.462. The predicted octanol–water partition coefficient (Wildman–Crippen LogP) is 2.96. The second-order valence-corrected chi connectivity index (χ2v) is 4.82. The molecule has 2 unspecified atom stereocenters. The molecule has 1 N–H and O–H groups in total. The third kappa shape index (κ3) is 3.21. The Balaban J connectivity index is 3.05. The number of carbonyl (C=O) groups excluding carboxylic acids is 1. The number of hydrogen-bond acceptors (Lipinski definition) is 3. The maximum Gasteiger partial charge on any atom is 0.311 e. The van der Waals surface area contributed by atoms with Gasteiger partial charge in [-0.25, -0.2) is 4.39 Å². The largest absolute Gasteiger partial charge is 0.469 e. The highest BCUT2D eigenvalue weighted by atomic mass is 35.5. The third-order valence-electron chi connectivity index (χ3n) is 2.82. The van der Waals surface area contributed by atoms with Crippen LogP contribution in [0.15, 0.2) is 18.2 Å². The summed E-state index contributed by atoms with van der Waals surface area (Å²) >= 11 is 5.57. The molecule has 1 aromatic carbocycles. The summed E-state index contributed by atoms with van der Waals surface area (Å²) in [5.74, 6) is -2.02. The number of benzene rings is 1. The van der Waals surface area contributed by atoms with Crippen LogP contribution in [0.2, 0.25) is 5.02 Å². The maximum absolute atomic E-state index is 13.3. The molecule has 3 nitrogen and oxygen atoms in total. The average Bonchev–Trinajstić information content (AvgIpc) is 2.32. The molecule has 1 aromatic rings. The van der Waals surface area contributed by atoms with Crippen LogP contribution in [0, 0.1) is 17.7 Å². The highest BCUT2D eigenvalue weighted by Gasteiger charge is 2.32. The minimum Gasteiger partial charge on any atom is -0.469 e. The van der Waals surface area contributed by atoms with Crippen LogP contribution < -0.4 is 0 Å². The topological polar surface area (TPSA) is 46.5 Å². The Morgan fingerprint density at radius 3 is 2.50 bits per heavy atom. The molecule has 0 amide bonds. The predicted molar refractivity (Wildman–Crippen MR) is 66.7 cm³/mol. The van der Waals surface area contributed by atoms with Crippen LogP contribution in [0.5, 0.6) is 0 Å².